The van der Waals surface area contributed by atoms with E-state index in [0.29, 0.717) is 25.3 Å². The van der Waals surface area contributed by atoms with Crippen LogP contribution in [-0.4, -0.2) is 38.6 Å². The molecule has 0 aliphatic carbocycles. The third kappa shape index (κ3) is 3.16. The molecule has 1 N–H and O–H groups in total. The second-order valence-corrected chi connectivity index (χ2v) is 5.64. The number of hydrogen-bond donors (Lipinski definition) is 1. The van der Waals surface area contributed by atoms with Crippen molar-refractivity contribution in [1.82, 2.24) is 14.5 Å². The lowest BCUT2D eigenvalue weighted by Crippen LogP contribution is -2.34. The smallest absolute Gasteiger partial charge is 0.270 e. The Morgan fingerprint density at radius 1 is 1.25 bits per heavy atom. The second kappa shape index (κ2) is 7.27. The number of para-hydroxylation sites is 1. The van der Waals surface area contributed by atoms with Crippen LogP contribution in [0.2, 0.25) is 0 Å². The standard InChI is InChI=1S/C19H21N3O2/c1-2-22-17-8-4-3-7-16(17)12-18(22)19(24)21(10-11-23)14-15-6-5-9-20-13-15/h3-9,12-13,23H,2,10-11,14H2,1H3. The van der Waals surface area contributed by atoms with E-state index in [1.807, 2.05) is 54.0 Å². The van der Waals surface area contributed by atoms with Crippen molar-refractivity contribution in [2.75, 3.05) is 13.2 Å². The fourth-order valence-corrected chi connectivity index (χ4v) is 2.98. The van der Waals surface area contributed by atoms with Crippen molar-refractivity contribution in [1.29, 1.82) is 0 Å². The van der Waals surface area contributed by atoms with Gasteiger partial charge in [0, 0.05) is 42.9 Å². The average molecular weight is 323 g/mol. The number of carbonyl (C=O) groups excluding carboxylic acids is 1. The maximum absolute atomic E-state index is 13.1. The lowest BCUT2D eigenvalue weighted by atomic mass is 10.2. The van der Waals surface area contributed by atoms with Crippen molar-refractivity contribution < 1.29 is 9.90 Å². The van der Waals surface area contributed by atoms with Crippen molar-refractivity contribution in [2.45, 2.75) is 20.0 Å². The van der Waals surface area contributed by atoms with E-state index < -0.39 is 0 Å². The Morgan fingerprint density at radius 2 is 2.08 bits per heavy atom. The van der Waals surface area contributed by atoms with Gasteiger partial charge in [-0.2, -0.15) is 0 Å². The third-order valence-electron chi connectivity index (χ3n) is 4.10. The molecule has 5 heteroatoms. The van der Waals surface area contributed by atoms with Crippen molar-refractivity contribution in [3.63, 3.8) is 0 Å². The number of nitrogens with zero attached hydrogens (tertiary/aromatic N) is 3. The first-order chi connectivity index (χ1) is 11.7. The molecule has 0 aliphatic rings. The molecule has 5 nitrogen and oxygen atoms in total. The van der Waals surface area contributed by atoms with Crippen molar-refractivity contribution in [2.24, 2.45) is 0 Å². The SMILES string of the molecule is CCn1c(C(=O)N(CCO)Cc2cccnc2)cc2ccccc21. The van der Waals surface area contributed by atoms with Crippen LogP contribution in [0.15, 0.2) is 54.9 Å². The minimum absolute atomic E-state index is 0.0711. The fraction of sp³-hybridized carbons (Fsp3) is 0.263. The van der Waals surface area contributed by atoms with E-state index >= 15 is 0 Å². The Labute approximate surface area is 141 Å². The van der Waals surface area contributed by atoms with Crippen LogP contribution in [0.5, 0.6) is 0 Å². The summed E-state index contributed by atoms with van der Waals surface area (Å²) < 4.78 is 2.02. The van der Waals surface area contributed by atoms with Crippen LogP contribution in [-0.2, 0) is 13.1 Å². The molecule has 24 heavy (non-hydrogen) atoms. The van der Waals surface area contributed by atoms with Gasteiger partial charge in [0.2, 0.25) is 0 Å². The van der Waals surface area contributed by atoms with E-state index in [1.165, 1.54) is 0 Å². The molecule has 0 fully saturated rings. The first kappa shape index (κ1) is 16.2. The number of aromatic nitrogens is 2. The van der Waals surface area contributed by atoms with E-state index in [9.17, 15) is 9.90 Å². The summed E-state index contributed by atoms with van der Waals surface area (Å²) in [5.41, 5.74) is 2.64. The number of amides is 1. The lowest BCUT2D eigenvalue weighted by Gasteiger charge is -2.22. The van der Waals surface area contributed by atoms with Gasteiger partial charge in [-0.25, -0.2) is 0 Å². The molecular formula is C19H21N3O2. The molecule has 2 aromatic heterocycles. The van der Waals surface area contributed by atoms with E-state index in [2.05, 4.69) is 4.98 Å². The van der Waals surface area contributed by atoms with Crippen LogP contribution in [0.3, 0.4) is 0 Å². The zero-order valence-electron chi connectivity index (χ0n) is 13.7. The minimum Gasteiger partial charge on any atom is -0.395 e. The van der Waals surface area contributed by atoms with Gasteiger partial charge in [-0.1, -0.05) is 24.3 Å². The van der Waals surface area contributed by atoms with Gasteiger partial charge in [0.25, 0.3) is 5.91 Å². The number of rotatable bonds is 6. The quantitative estimate of drug-likeness (QED) is 0.759. The number of carbonyl (C=O) groups is 1. The average Bonchev–Trinajstić information content (AvgIpc) is 3.00. The number of hydrogen-bond acceptors (Lipinski definition) is 3. The summed E-state index contributed by atoms with van der Waals surface area (Å²) in [4.78, 5) is 18.8. The first-order valence-electron chi connectivity index (χ1n) is 8.12. The molecular weight excluding hydrogens is 302 g/mol. The Hall–Kier alpha value is -2.66. The van der Waals surface area contributed by atoms with Gasteiger partial charge in [0.15, 0.2) is 0 Å². The summed E-state index contributed by atoms with van der Waals surface area (Å²) in [6.45, 7) is 3.39. The Balaban J connectivity index is 1.95. The van der Waals surface area contributed by atoms with Gasteiger partial charge >= 0.3 is 0 Å². The molecule has 0 saturated heterocycles. The fourth-order valence-electron chi connectivity index (χ4n) is 2.98. The minimum atomic E-state index is -0.0778. The van der Waals surface area contributed by atoms with Gasteiger partial charge in [-0.3, -0.25) is 9.78 Å². The highest BCUT2D eigenvalue weighted by Crippen LogP contribution is 2.21. The summed E-state index contributed by atoms with van der Waals surface area (Å²) in [5, 5.41) is 10.4. The monoisotopic (exact) mass is 323 g/mol. The predicted molar refractivity (Wildman–Crippen MR) is 93.7 cm³/mol. The number of aryl methyl sites for hydroxylation is 1. The molecule has 2 heterocycles. The normalized spacial score (nSPS) is 10.9. The first-order valence-corrected chi connectivity index (χ1v) is 8.12. The predicted octanol–water partition coefficient (Wildman–Crippen LogP) is 2.69. The molecule has 0 aliphatic heterocycles. The topological polar surface area (TPSA) is 58.4 Å². The summed E-state index contributed by atoms with van der Waals surface area (Å²) in [6, 6.07) is 13.7. The maximum atomic E-state index is 13.1. The molecule has 0 unspecified atom stereocenters. The van der Waals surface area contributed by atoms with Crippen molar-refractivity contribution >= 4 is 16.8 Å². The van der Waals surface area contributed by atoms with Crippen LogP contribution in [0.25, 0.3) is 10.9 Å². The Kier molecular flexibility index (Phi) is 4.91. The van der Waals surface area contributed by atoms with E-state index in [0.717, 1.165) is 16.5 Å². The number of fused-ring (bicyclic) bond motifs is 1. The second-order valence-electron chi connectivity index (χ2n) is 5.64. The highest BCUT2D eigenvalue weighted by atomic mass is 16.3. The molecule has 0 atom stereocenters. The van der Waals surface area contributed by atoms with Gasteiger partial charge in [0.1, 0.15) is 5.69 Å². The maximum Gasteiger partial charge on any atom is 0.270 e. The summed E-state index contributed by atoms with van der Waals surface area (Å²) in [6.07, 6.45) is 3.45. The molecule has 1 aromatic carbocycles. The van der Waals surface area contributed by atoms with Gasteiger partial charge in [-0.15, -0.1) is 0 Å². The molecule has 3 rings (SSSR count). The lowest BCUT2D eigenvalue weighted by molar-refractivity contribution is 0.0697. The van der Waals surface area contributed by atoms with Crippen molar-refractivity contribution in [3.8, 4) is 0 Å². The molecule has 1 amide bonds. The van der Waals surface area contributed by atoms with E-state index in [-0.39, 0.29) is 12.5 Å². The number of benzene rings is 1. The van der Waals surface area contributed by atoms with Crippen LogP contribution in [0.1, 0.15) is 23.0 Å². The van der Waals surface area contributed by atoms with Crippen LogP contribution in [0, 0.1) is 0 Å². The summed E-state index contributed by atoms with van der Waals surface area (Å²) in [7, 11) is 0. The number of aliphatic hydroxyl groups is 1. The molecule has 0 radical (unpaired) electrons. The summed E-state index contributed by atoms with van der Waals surface area (Å²) in [5.74, 6) is -0.0778. The van der Waals surface area contributed by atoms with E-state index in [4.69, 9.17) is 0 Å². The Morgan fingerprint density at radius 3 is 2.79 bits per heavy atom. The molecule has 124 valence electrons. The molecule has 0 spiro atoms. The zero-order valence-corrected chi connectivity index (χ0v) is 13.7. The van der Waals surface area contributed by atoms with Crippen LogP contribution < -0.4 is 0 Å². The summed E-state index contributed by atoms with van der Waals surface area (Å²) >= 11 is 0. The molecule has 0 saturated carbocycles. The Bertz CT molecular complexity index is 827. The number of pyridine rings is 1. The van der Waals surface area contributed by atoms with Gasteiger partial charge in [0.05, 0.1) is 6.61 Å². The van der Waals surface area contributed by atoms with Crippen molar-refractivity contribution in [3.05, 3.63) is 66.1 Å². The molecule has 0 bridgehead atoms. The molecule has 3 aromatic rings. The third-order valence-corrected chi connectivity index (χ3v) is 4.10. The van der Waals surface area contributed by atoms with Crippen LogP contribution >= 0.6 is 0 Å². The van der Waals surface area contributed by atoms with Crippen LogP contribution in [0.4, 0.5) is 0 Å². The van der Waals surface area contributed by atoms with Gasteiger partial charge < -0.3 is 14.6 Å². The highest BCUT2D eigenvalue weighted by molar-refractivity contribution is 5.98. The highest BCUT2D eigenvalue weighted by Gasteiger charge is 2.20. The largest absolute Gasteiger partial charge is 0.395 e. The van der Waals surface area contributed by atoms with E-state index in [1.54, 1.807) is 17.3 Å². The zero-order chi connectivity index (χ0) is 16.9. The number of aliphatic hydroxyl groups excluding tert-OH is 1. The van der Waals surface area contributed by atoms with Gasteiger partial charge in [-0.05, 0) is 30.7 Å².